The van der Waals surface area contributed by atoms with E-state index in [1.165, 1.54) is 5.56 Å². The van der Waals surface area contributed by atoms with Crippen LogP contribution in [-0.4, -0.2) is 25.7 Å². The third-order valence-electron chi connectivity index (χ3n) is 4.93. The predicted molar refractivity (Wildman–Crippen MR) is 123 cm³/mol. The van der Waals surface area contributed by atoms with E-state index in [0.717, 1.165) is 12.2 Å². The number of nitrogens with one attached hydrogen (secondary N) is 1. The molecule has 3 rings (SSSR count). The van der Waals surface area contributed by atoms with Gasteiger partial charge in [-0.2, -0.15) is 0 Å². The molecule has 3 aromatic rings. The van der Waals surface area contributed by atoms with E-state index in [4.69, 9.17) is 14.2 Å². The molecule has 0 saturated carbocycles. The zero-order valence-corrected chi connectivity index (χ0v) is 18.0. The van der Waals surface area contributed by atoms with Crippen molar-refractivity contribution in [3.63, 3.8) is 0 Å². The van der Waals surface area contributed by atoms with E-state index in [1.807, 2.05) is 66.7 Å². The van der Waals surface area contributed by atoms with E-state index in [0.29, 0.717) is 36.3 Å². The number of para-hydroxylation sites is 1. The maximum atomic E-state index is 12.2. The molecular formula is C26H29NO4. The zero-order chi connectivity index (χ0) is 21.9. The fourth-order valence-corrected chi connectivity index (χ4v) is 2.94. The van der Waals surface area contributed by atoms with Crippen molar-refractivity contribution >= 4 is 11.6 Å². The van der Waals surface area contributed by atoms with Crippen molar-refractivity contribution in [1.82, 2.24) is 0 Å². The van der Waals surface area contributed by atoms with Gasteiger partial charge in [0, 0.05) is 5.69 Å². The molecule has 0 aliphatic carbocycles. The van der Waals surface area contributed by atoms with Crippen LogP contribution >= 0.6 is 0 Å². The number of ether oxygens (including phenoxy) is 3. The van der Waals surface area contributed by atoms with E-state index < -0.39 is 0 Å². The molecular weight excluding hydrogens is 390 g/mol. The summed E-state index contributed by atoms with van der Waals surface area (Å²) in [6.45, 7) is 5.21. The highest BCUT2D eigenvalue weighted by Crippen LogP contribution is 2.21. The molecule has 162 valence electrons. The molecule has 0 aliphatic heterocycles. The van der Waals surface area contributed by atoms with E-state index >= 15 is 0 Å². The van der Waals surface area contributed by atoms with Gasteiger partial charge in [-0.05, 0) is 66.4 Å². The van der Waals surface area contributed by atoms with Gasteiger partial charge < -0.3 is 19.5 Å². The van der Waals surface area contributed by atoms with Gasteiger partial charge in [-0.15, -0.1) is 0 Å². The highest BCUT2D eigenvalue weighted by molar-refractivity contribution is 5.91. The number of hydrogen-bond donors (Lipinski definition) is 1. The van der Waals surface area contributed by atoms with Crippen LogP contribution in [0.3, 0.4) is 0 Å². The van der Waals surface area contributed by atoms with Crippen molar-refractivity contribution in [2.75, 3.05) is 25.1 Å². The number of carbonyl (C=O) groups is 1. The van der Waals surface area contributed by atoms with Gasteiger partial charge >= 0.3 is 0 Å². The molecule has 0 saturated heterocycles. The van der Waals surface area contributed by atoms with Gasteiger partial charge in [0.05, 0.1) is 0 Å². The fourth-order valence-electron chi connectivity index (χ4n) is 2.94. The average Bonchev–Trinajstić information content (AvgIpc) is 2.82. The second-order valence-electron chi connectivity index (χ2n) is 7.25. The fraction of sp³-hybridized carbons (Fsp3) is 0.269. The van der Waals surface area contributed by atoms with Gasteiger partial charge in [0.2, 0.25) is 0 Å². The number of rotatable bonds is 11. The highest BCUT2D eigenvalue weighted by Gasteiger charge is 2.06. The first-order chi connectivity index (χ1) is 15.1. The van der Waals surface area contributed by atoms with Crippen molar-refractivity contribution in [3.8, 4) is 17.2 Å². The summed E-state index contributed by atoms with van der Waals surface area (Å²) in [7, 11) is 0. The minimum atomic E-state index is -0.212. The zero-order valence-electron chi connectivity index (χ0n) is 18.0. The van der Waals surface area contributed by atoms with Gasteiger partial charge in [0.25, 0.3) is 5.91 Å². The third-order valence-corrected chi connectivity index (χ3v) is 4.93. The molecule has 0 aromatic heterocycles. The van der Waals surface area contributed by atoms with Crippen molar-refractivity contribution in [3.05, 3.63) is 84.4 Å². The summed E-state index contributed by atoms with van der Waals surface area (Å²) in [4.78, 5) is 12.2. The molecule has 0 bridgehead atoms. The van der Waals surface area contributed by atoms with Gasteiger partial charge in [-0.1, -0.05) is 44.2 Å². The SMILES string of the molecule is CCC(C)c1ccc(OCC(=O)Nc2ccc(OCCOc3ccccc3)cc2)cc1. The Morgan fingerprint density at radius 1 is 0.774 bits per heavy atom. The highest BCUT2D eigenvalue weighted by atomic mass is 16.5. The van der Waals surface area contributed by atoms with Crippen molar-refractivity contribution in [2.24, 2.45) is 0 Å². The summed E-state index contributed by atoms with van der Waals surface area (Å²) >= 11 is 0. The smallest absolute Gasteiger partial charge is 0.262 e. The number of anilines is 1. The average molecular weight is 420 g/mol. The van der Waals surface area contributed by atoms with Crippen LogP contribution in [-0.2, 0) is 4.79 Å². The number of benzene rings is 3. The molecule has 5 nitrogen and oxygen atoms in total. The molecule has 5 heteroatoms. The van der Waals surface area contributed by atoms with Crippen molar-refractivity contribution in [1.29, 1.82) is 0 Å². The van der Waals surface area contributed by atoms with Crippen molar-refractivity contribution < 1.29 is 19.0 Å². The van der Waals surface area contributed by atoms with Crippen LogP contribution < -0.4 is 19.5 Å². The molecule has 1 unspecified atom stereocenters. The molecule has 0 aliphatic rings. The molecule has 0 fully saturated rings. The predicted octanol–water partition coefficient (Wildman–Crippen LogP) is 5.68. The summed E-state index contributed by atoms with van der Waals surface area (Å²) in [6.07, 6.45) is 1.09. The van der Waals surface area contributed by atoms with Crippen LogP contribution in [0, 0.1) is 0 Å². The van der Waals surface area contributed by atoms with Gasteiger partial charge in [-0.25, -0.2) is 0 Å². The lowest BCUT2D eigenvalue weighted by Gasteiger charge is -2.11. The number of carbonyl (C=O) groups excluding carboxylic acids is 1. The molecule has 3 aromatic carbocycles. The van der Waals surface area contributed by atoms with Gasteiger partial charge in [0.1, 0.15) is 30.5 Å². The summed E-state index contributed by atoms with van der Waals surface area (Å²) in [5, 5.41) is 2.82. The van der Waals surface area contributed by atoms with Crippen molar-refractivity contribution in [2.45, 2.75) is 26.2 Å². The standard InChI is InChI=1S/C26H29NO4/c1-3-20(2)21-9-13-25(14-10-21)31-19-26(28)27-22-11-15-24(16-12-22)30-18-17-29-23-7-5-4-6-8-23/h4-16,20H,3,17-19H2,1-2H3,(H,27,28). The first kappa shape index (κ1) is 22.2. The van der Waals surface area contributed by atoms with Crippen LogP contribution in [0.2, 0.25) is 0 Å². The molecule has 1 amide bonds. The second-order valence-corrected chi connectivity index (χ2v) is 7.25. The largest absolute Gasteiger partial charge is 0.490 e. The van der Waals surface area contributed by atoms with Crippen LogP contribution in [0.25, 0.3) is 0 Å². The maximum Gasteiger partial charge on any atom is 0.262 e. The number of hydrogen-bond acceptors (Lipinski definition) is 4. The van der Waals surface area contributed by atoms with Crippen LogP contribution in [0.1, 0.15) is 31.7 Å². The monoisotopic (exact) mass is 419 g/mol. The first-order valence-electron chi connectivity index (χ1n) is 10.6. The van der Waals surface area contributed by atoms with E-state index in [2.05, 4.69) is 19.2 Å². The lowest BCUT2D eigenvalue weighted by molar-refractivity contribution is -0.118. The van der Waals surface area contributed by atoms with E-state index in [-0.39, 0.29) is 12.5 Å². The maximum absolute atomic E-state index is 12.2. The minimum absolute atomic E-state index is 0.0439. The van der Waals surface area contributed by atoms with Crippen LogP contribution in [0.15, 0.2) is 78.9 Å². The van der Waals surface area contributed by atoms with E-state index in [9.17, 15) is 4.79 Å². The molecule has 31 heavy (non-hydrogen) atoms. The third kappa shape index (κ3) is 7.37. The summed E-state index contributed by atoms with van der Waals surface area (Å²) in [5.74, 6) is 2.52. The molecule has 1 atom stereocenters. The quantitative estimate of drug-likeness (QED) is 0.407. The summed E-state index contributed by atoms with van der Waals surface area (Å²) in [6, 6.07) is 24.7. The van der Waals surface area contributed by atoms with Gasteiger partial charge in [-0.3, -0.25) is 4.79 Å². The lowest BCUT2D eigenvalue weighted by atomic mass is 9.99. The second kappa shape index (κ2) is 11.6. The Balaban J connectivity index is 1.37. The Kier molecular flexibility index (Phi) is 8.35. The Hall–Kier alpha value is -3.47. The number of amides is 1. The summed E-state index contributed by atoms with van der Waals surface area (Å²) < 4.78 is 16.8. The first-order valence-corrected chi connectivity index (χ1v) is 10.6. The normalized spacial score (nSPS) is 11.4. The lowest BCUT2D eigenvalue weighted by Crippen LogP contribution is -2.20. The van der Waals surface area contributed by atoms with Crippen LogP contribution in [0.5, 0.6) is 17.2 Å². The minimum Gasteiger partial charge on any atom is -0.490 e. The van der Waals surface area contributed by atoms with Crippen LogP contribution in [0.4, 0.5) is 5.69 Å². The molecule has 0 radical (unpaired) electrons. The topological polar surface area (TPSA) is 56.8 Å². The molecule has 1 N–H and O–H groups in total. The summed E-state index contributed by atoms with van der Waals surface area (Å²) in [5.41, 5.74) is 1.96. The Labute approximate surface area is 184 Å². The molecule has 0 spiro atoms. The van der Waals surface area contributed by atoms with Gasteiger partial charge in [0.15, 0.2) is 6.61 Å². The Morgan fingerprint density at radius 3 is 1.94 bits per heavy atom. The Bertz CT molecular complexity index is 924. The Morgan fingerprint density at radius 2 is 1.32 bits per heavy atom. The van der Waals surface area contributed by atoms with E-state index in [1.54, 1.807) is 12.1 Å². The molecule has 0 heterocycles.